The average Bonchev–Trinajstić information content (AvgIpc) is 2.31. The maximum Gasteiger partial charge on any atom is 0.245 e. The number of sulfone groups is 1. The average molecular weight is 304 g/mol. The van der Waals surface area contributed by atoms with Gasteiger partial charge in [-0.3, -0.25) is 9.59 Å². The third-order valence-electron chi connectivity index (χ3n) is 3.41. The Morgan fingerprint density at radius 3 is 2.35 bits per heavy atom. The molecule has 1 rings (SSSR count). The molecular weight excluding hydrogens is 280 g/mol. The van der Waals surface area contributed by atoms with Gasteiger partial charge in [-0.1, -0.05) is 20.8 Å². The Morgan fingerprint density at radius 1 is 1.25 bits per heavy atom. The molecule has 6 nitrogen and oxygen atoms in total. The first-order valence-corrected chi connectivity index (χ1v) is 8.83. The molecule has 2 atom stereocenters. The number of amides is 2. The fourth-order valence-electron chi connectivity index (χ4n) is 2.45. The molecule has 2 unspecified atom stereocenters. The normalized spacial score (nSPS) is 24.1. The summed E-state index contributed by atoms with van der Waals surface area (Å²) in [5.41, 5.74) is 0. The quantitative estimate of drug-likeness (QED) is 0.759. The van der Waals surface area contributed by atoms with Crippen LogP contribution in [0.4, 0.5) is 0 Å². The highest BCUT2D eigenvalue weighted by Gasteiger charge is 2.40. The summed E-state index contributed by atoms with van der Waals surface area (Å²) >= 11 is 0. The minimum Gasteiger partial charge on any atom is -0.343 e. The fraction of sp³-hybridized carbons (Fsp3) is 0.846. The second-order valence-electron chi connectivity index (χ2n) is 5.60. The van der Waals surface area contributed by atoms with Crippen molar-refractivity contribution in [2.75, 3.05) is 18.1 Å². The molecule has 0 aromatic rings. The van der Waals surface area contributed by atoms with Crippen LogP contribution in [-0.4, -0.2) is 55.3 Å². The van der Waals surface area contributed by atoms with E-state index in [4.69, 9.17) is 0 Å². The van der Waals surface area contributed by atoms with E-state index < -0.39 is 21.9 Å². The molecule has 0 radical (unpaired) electrons. The van der Waals surface area contributed by atoms with Crippen LogP contribution in [0.3, 0.4) is 0 Å². The summed E-state index contributed by atoms with van der Waals surface area (Å²) in [7, 11) is -3.16. The molecule has 0 spiro atoms. The zero-order valence-corrected chi connectivity index (χ0v) is 13.4. The molecule has 0 aliphatic carbocycles. The lowest BCUT2D eigenvalue weighted by Crippen LogP contribution is -2.64. The molecule has 1 aliphatic rings. The SMILES string of the molecule is CCCS(=O)(=O)CCN1C(=O)C(C)NC(=O)C1C(C)C. The van der Waals surface area contributed by atoms with Crippen molar-refractivity contribution in [3.05, 3.63) is 0 Å². The zero-order valence-electron chi connectivity index (χ0n) is 12.5. The van der Waals surface area contributed by atoms with Gasteiger partial charge < -0.3 is 10.2 Å². The van der Waals surface area contributed by atoms with E-state index in [9.17, 15) is 18.0 Å². The van der Waals surface area contributed by atoms with Crippen molar-refractivity contribution >= 4 is 21.7 Å². The molecule has 7 heteroatoms. The molecule has 1 N–H and O–H groups in total. The van der Waals surface area contributed by atoms with Crippen molar-refractivity contribution in [1.82, 2.24) is 10.2 Å². The minimum atomic E-state index is -3.16. The second kappa shape index (κ2) is 6.56. The van der Waals surface area contributed by atoms with Crippen LogP contribution in [0.25, 0.3) is 0 Å². The Hall–Kier alpha value is -1.11. The Labute approximate surface area is 120 Å². The molecule has 0 bridgehead atoms. The van der Waals surface area contributed by atoms with Gasteiger partial charge in [0.2, 0.25) is 11.8 Å². The van der Waals surface area contributed by atoms with Crippen LogP contribution in [0, 0.1) is 5.92 Å². The summed E-state index contributed by atoms with van der Waals surface area (Å²) in [6.07, 6.45) is 0.556. The van der Waals surface area contributed by atoms with Crippen molar-refractivity contribution < 1.29 is 18.0 Å². The van der Waals surface area contributed by atoms with Crippen LogP contribution in [0.2, 0.25) is 0 Å². The van der Waals surface area contributed by atoms with E-state index in [-0.39, 0.29) is 35.8 Å². The molecule has 1 saturated heterocycles. The highest BCUT2D eigenvalue weighted by molar-refractivity contribution is 7.91. The highest BCUT2D eigenvalue weighted by atomic mass is 32.2. The van der Waals surface area contributed by atoms with E-state index in [0.717, 1.165) is 0 Å². The molecule has 116 valence electrons. The topological polar surface area (TPSA) is 83.6 Å². The van der Waals surface area contributed by atoms with Gasteiger partial charge in [-0.25, -0.2) is 8.42 Å². The molecule has 0 saturated carbocycles. The van der Waals surface area contributed by atoms with Gasteiger partial charge in [0.1, 0.15) is 12.1 Å². The monoisotopic (exact) mass is 304 g/mol. The van der Waals surface area contributed by atoms with Crippen LogP contribution in [-0.2, 0) is 19.4 Å². The number of rotatable bonds is 6. The summed E-state index contributed by atoms with van der Waals surface area (Å²) < 4.78 is 23.6. The lowest BCUT2D eigenvalue weighted by molar-refractivity contribution is -0.150. The van der Waals surface area contributed by atoms with Gasteiger partial charge >= 0.3 is 0 Å². The number of nitrogens with zero attached hydrogens (tertiary/aromatic N) is 1. The largest absolute Gasteiger partial charge is 0.343 e. The highest BCUT2D eigenvalue weighted by Crippen LogP contribution is 2.17. The summed E-state index contributed by atoms with van der Waals surface area (Å²) in [5, 5.41) is 2.63. The first-order valence-electron chi connectivity index (χ1n) is 7.01. The van der Waals surface area contributed by atoms with E-state index in [1.165, 1.54) is 4.90 Å². The predicted molar refractivity (Wildman–Crippen MR) is 76.9 cm³/mol. The molecule has 0 aromatic heterocycles. The van der Waals surface area contributed by atoms with Crippen LogP contribution in [0.5, 0.6) is 0 Å². The summed E-state index contributed by atoms with van der Waals surface area (Å²) in [4.78, 5) is 25.6. The Morgan fingerprint density at radius 2 is 1.85 bits per heavy atom. The molecule has 1 heterocycles. The van der Waals surface area contributed by atoms with Gasteiger partial charge in [-0.05, 0) is 19.3 Å². The molecular formula is C13H24N2O4S. The number of hydrogen-bond donors (Lipinski definition) is 1. The molecule has 1 fully saturated rings. The second-order valence-corrected chi connectivity index (χ2v) is 7.91. The number of hydrogen-bond acceptors (Lipinski definition) is 4. The predicted octanol–water partition coefficient (Wildman–Crippen LogP) is 0.183. The molecule has 2 amide bonds. The third kappa shape index (κ3) is 3.94. The summed E-state index contributed by atoms with van der Waals surface area (Å²) in [5.74, 6) is -0.450. The Balaban J connectivity index is 2.86. The number of carbonyl (C=O) groups excluding carboxylic acids is 2. The fourth-order valence-corrected chi connectivity index (χ4v) is 3.75. The number of piperazine rings is 1. The van der Waals surface area contributed by atoms with Crippen molar-refractivity contribution in [3.8, 4) is 0 Å². The Kier molecular flexibility index (Phi) is 5.56. The van der Waals surface area contributed by atoms with Gasteiger partial charge in [0.15, 0.2) is 9.84 Å². The van der Waals surface area contributed by atoms with Crippen molar-refractivity contribution in [2.45, 2.75) is 46.2 Å². The minimum absolute atomic E-state index is 0.0553. The van der Waals surface area contributed by atoms with E-state index >= 15 is 0 Å². The van der Waals surface area contributed by atoms with E-state index in [2.05, 4.69) is 5.32 Å². The first kappa shape index (κ1) is 16.9. The van der Waals surface area contributed by atoms with Crippen molar-refractivity contribution in [3.63, 3.8) is 0 Å². The third-order valence-corrected chi connectivity index (χ3v) is 5.24. The van der Waals surface area contributed by atoms with Crippen molar-refractivity contribution in [2.24, 2.45) is 5.92 Å². The van der Waals surface area contributed by atoms with Gasteiger partial charge in [0, 0.05) is 12.3 Å². The molecule has 20 heavy (non-hydrogen) atoms. The van der Waals surface area contributed by atoms with Crippen LogP contribution in [0.1, 0.15) is 34.1 Å². The lowest BCUT2D eigenvalue weighted by Gasteiger charge is -2.39. The molecule has 1 aliphatic heterocycles. The summed E-state index contributed by atoms with van der Waals surface area (Å²) in [6, 6.07) is -1.18. The van der Waals surface area contributed by atoms with E-state index in [0.29, 0.717) is 6.42 Å². The standard InChI is InChI=1S/C13H24N2O4S/c1-5-7-20(18,19)8-6-15-11(9(2)3)12(16)14-10(4)13(15)17/h9-11H,5-8H2,1-4H3,(H,14,16). The lowest BCUT2D eigenvalue weighted by atomic mass is 9.97. The van der Waals surface area contributed by atoms with Crippen molar-refractivity contribution in [1.29, 1.82) is 0 Å². The van der Waals surface area contributed by atoms with Gasteiger partial charge in [-0.2, -0.15) is 0 Å². The van der Waals surface area contributed by atoms with Crippen LogP contribution < -0.4 is 5.32 Å². The molecule has 0 aromatic carbocycles. The Bertz CT molecular complexity index is 473. The number of nitrogens with one attached hydrogen (secondary N) is 1. The maximum absolute atomic E-state index is 12.2. The summed E-state index contributed by atoms with van der Waals surface area (Å²) in [6.45, 7) is 7.20. The van der Waals surface area contributed by atoms with Gasteiger partial charge in [-0.15, -0.1) is 0 Å². The zero-order chi connectivity index (χ0) is 15.5. The van der Waals surface area contributed by atoms with E-state index in [1.807, 2.05) is 13.8 Å². The van der Waals surface area contributed by atoms with E-state index in [1.54, 1.807) is 13.8 Å². The van der Waals surface area contributed by atoms with Crippen LogP contribution >= 0.6 is 0 Å². The van der Waals surface area contributed by atoms with Gasteiger partial charge in [0.05, 0.1) is 5.75 Å². The smallest absolute Gasteiger partial charge is 0.245 e. The maximum atomic E-state index is 12.2. The van der Waals surface area contributed by atoms with Gasteiger partial charge in [0.25, 0.3) is 0 Å². The first-order chi connectivity index (χ1) is 9.19. The van der Waals surface area contributed by atoms with Crippen LogP contribution in [0.15, 0.2) is 0 Å². The number of carbonyl (C=O) groups is 2.